The van der Waals surface area contributed by atoms with Crippen LogP contribution in [0.15, 0.2) is 35.9 Å². The van der Waals surface area contributed by atoms with Gasteiger partial charge in [-0.3, -0.25) is 14.9 Å². The molecular formula is C35H48ClN3O10S. The summed E-state index contributed by atoms with van der Waals surface area (Å²) >= 11 is 10.8. The minimum atomic E-state index is -1.86. The molecule has 3 amide bonds. The average molecular weight is 738 g/mol. The molecule has 0 saturated carbocycles. The van der Waals surface area contributed by atoms with Crippen LogP contribution in [0.25, 0.3) is 0 Å². The minimum absolute atomic E-state index is 0.0937. The molecule has 50 heavy (non-hydrogen) atoms. The molecule has 4 bridgehead atoms. The molecule has 1 aromatic rings. The Morgan fingerprint density at radius 2 is 1.98 bits per heavy atom. The molecule has 3 aliphatic rings. The highest BCUT2D eigenvalue weighted by Crippen LogP contribution is 2.49. The van der Waals surface area contributed by atoms with E-state index in [1.807, 2.05) is 6.92 Å². The van der Waals surface area contributed by atoms with E-state index in [0.29, 0.717) is 23.4 Å². The summed E-state index contributed by atoms with van der Waals surface area (Å²) in [7, 11) is 3.02. The number of aliphatic hydroxyl groups is 3. The lowest BCUT2D eigenvalue weighted by molar-refractivity contribution is -0.161. The number of anilines is 1. The van der Waals surface area contributed by atoms with Crippen molar-refractivity contribution in [2.75, 3.05) is 31.4 Å². The van der Waals surface area contributed by atoms with Gasteiger partial charge in [-0.2, -0.15) is 12.6 Å². The van der Waals surface area contributed by atoms with Crippen molar-refractivity contribution in [2.45, 2.75) is 95.7 Å². The van der Waals surface area contributed by atoms with E-state index in [-0.39, 0.29) is 36.8 Å². The zero-order valence-electron chi connectivity index (χ0n) is 29.2. The number of aliphatic hydroxyl groups excluding tert-OH is 2. The van der Waals surface area contributed by atoms with Crippen LogP contribution in [0.2, 0.25) is 5.02 Å². The molecular weight excluding hydrogens is 690 g/mol. The van der Waals surface area contributed by atoms with Gasteiger partial charge in [-0.05, 0) is 50.1 Å². The second-order valence-corrected chi connectivity index (χ2v) is 14.5. The van der Waals surface area contributed by atoms with Crippen molar-refractivity contribution in [3.05, 3.63) is 52.1 Å². The maximum absolute atomic E-state index is 14.0. The van der Waals surface area contributed by atoms with Crippen LogP contribution in [0.4, 0.5) is 10.5 Å². The predicted octanol–water partition coefficient (Wildman–Crippen LogP) is 2.91. The molecule has 2 saturated heterocycles. The Morgan fingerprint density at radius 1 is 1.28 bits per heavy atom. The molecule has 15 heteroatoms. The molecule has 4 N–H and O–H groups in total. The number of hydrogen-bond donors (Lipinski definition) is 5. The number of thiol groups is 1. The fourth-order valence-electron chi connectivity index (χ4n) is 6.58. The van der Waals surface area contributed by atoms with Crippen LogP contribution in [0.5, 0.6) is 0 Å². The molecule has 0 aromatic heterocycles. The van der Waals surface area contributed by atoms with E-state index in [1.165, 1.54) is 30.8 Å². The van der Waals surface area contributed by atoms with Gasteiger partial charge in [0.05, 0.1) is 36.4 Å². The van der Waals surface area contributed by atoms with E-state index in [4.69, 9.17) is 25.8 Å². The number of rotatable bonds is 7. The average Bonchev–Trinajstić information content (AvgIpc) is 3.76. The van der Waals surface area contributed by atoms with Crippen LogP contribution in [-0.2, 0) is 41.6 Å². The normalized spacial score (nSPS) is 30.7. The van der Waals surface area contributed by atoms with Gasteiger partial charge in [0, 0.05) is 38.8 Å². The Hall–Kier alpha value is -3.14. The number of ether oxygens (including phenoxy) is 3. The summed E-state index contributed by atoms with van der Waals surface area (Å²) in [6.45, 7) is 5.99. The van der Waals surface area contributed by atoms with Gasteiger partial charge in [-0.1, -0.05) is 48.4 Å². The standard InChI is InChI=1S/C35H48ClN3O10S/c1-19-8-7-9-24(18-41)35(46)16-26(47-33(45)37-35)20(2)31-34(4,49-31)27(48-32(44)21(3)38(5)28(42)10-11-50)15-29(43)39(6)25-14-22(12-19)13-23(17-40)30(25)36/h7-9,13-14,20-21,24,26-27,31,40-41,46,50H,10-12,15-18H2,1-6H3,(H,37,45)/t20-,21+,24+,26?,27+,31?,34?,35+/m1/s1. The second-order valence-electron chi connectivity index (χ2n) is 13.6. The molecule has 4 rings (SSSR count). The highest BCUT2D eigenvalue weighted by molar-refractivity contribution is 7.80. The van der Waals surface area contributed by atoms with Crippen molar-refractivity contribution < 1.29 is 48.7 Å². The number of nitrogens with one attached hydrogen (secondary N) is 1. The maximum Gasteiger partial charge on any atom is 0.409 e. The first-order valence-corrected chi connectivity index (χ1v) is 17.6. The highest BCUT2D eigenvalue weighted by atomic mass is 35.5. The third kappa shape index (κ3) is 8.48. The molecule has 3 aliphatic heterocycles. The van der Waals surface area contributed by atoms with Gasteiger partial charge < -0.3 is 39.3 Å². The monoisotopic (exact) mass is 737 g/mol. The maximum atomic E-state index is 14.0. The quantitative estimate of drug-likeness (QED) is 0.159. The van der Waals surface area contributed by atoms with E-state index in [2.05, 4.69) is 17.9 Å². The Bertz CT molecular complexity index is 1540. The van der Waals surface area contributed by atoms with Crippen LogP contribution >= 0.6 is 24.2 Å². The molecule has 13 nitrogen and oxygen atoms in total. The molecule has 8 atom stereocenters. The Labute approximate surface area is 303 Å². The van der Waals surface area contributed by atoms with Gasteiger partial charge in [-0.15, -0.1) is 0 Å². The summed E-state index contributed by atoms with van der Waals surface area (Å²) in [5, 5.41) is 34.7. The number of carbonyl (C=O) groups is 4. The van der Waals surface area contributed by atoms with Crippen molar-refractivity contribution in [1.82, 2.24) is 10.2 Å². The number of alkyl carbamates (subject to hydrolysis) is 1. The molecule has 0 radical (unpaired) electrons. The first-order chi connectivity index (χ1) is 23.5. The largest absolute Gasteiger partial charge is 0.457 e. The number of amides is 3. The summed E-state index contributed by atoms with van der Waals surface area (Å²) in [6, 6.07) is 2.49. The number of hydrogen-bond acceptors (Lipinski definition) is 11. The van der Waals surface area contributed by atoms with Gasteiger partial charge in [0.25, 0.3) is 0 Å². The lowest BCUT2D eigenvalue weighted by Gasteiger charge is -2.42. The Balaban J connectivity index is 1.78. The van der Waals surface area contributed by atoms with Crippen molar-refractivity contribution in [1.29, 1.82) is 0 Å². The smallest absolute Gasteiger partial charge is 0.409 e. The van der Waals surface area contributed by atoms with E-state index < -0.39 is 72.1 Å². The van der Waals surface area contributed by atoms with Crippen LogP contribution in [0.1, 0.15) is 58.1 Å². The minimum Gasteiger partial charge on any atom is -0.457 e. The van der Waals surface area contributed by atoms with Gasteiger partial charge in [0.1, 0.15) is 23.9 Å². The van der Waals surface area contributed by atoms with Crippen LogP contribution < -0.4 is 10.2 Å². The summed E-state index contributed by atoms with van der Waals surface area (Å²) in [6.07, 6.45) is 1.58. The number of fused-ring (bicyclic) bond motifs is 5. The third-order valence-corrected chi connectivity index (χ3v) is 10.7. The number of carbonyl (C=O) groups excluding carboxylic acids is 4. The van der Waals surface area contributed by atoms with Crippen LogP contribution in [0, 0.1) is 11.8 Å². The lowest BCUT2D eigenvalue weighted by atomic mass is 9.81. The number of halogens is 1. The van der Waals surface area contributed by atoms with E-state index in [0.717, 1.165) is 11.1 Å². The molecule has 3 heterocycles. The number of likely N-dealkylation sites (N-methyl/N-ethyl adjacent to an activating group) is 1. The Kier molecular flexibility index (Phi) is 12.7. The van der Waals surface area contributed by atoms with E-state index >= 15 is 0 Å². The van der Waals surface area contributed by atoms with Gasteiger partial charge >= 0.3 is 12.1 Å². The first kappa shape index (κ1) is 39.6. The number of benzene rings is 1. The molecule has 276 valence electrons. The van der Waals surface area contributed by atoms with Crippen LogP contribution in [-0.4, -0.2) is 106 Å². The summed E-state index contributed by atoms with van der Waals surface area (Å²) in [5.74, 6) is -2.70. The Morgan fingerprint density at radius 3 is 2.62 bits per heavy atom. The van der Waals surface area contributed by atoms with E-state index in [1.54, 1.807) is 44.2 Å². The van der Waals surface area contributed by atoms with Gasteiger partial charge in [0.2, 0.25) is 11.8 Å². The zero-order valence-corrected chi connectivity index (χ0v) is 30.9. The zero-order chi connectivity index (χ0) is 37.1. The molecule has 1 aromatic carbocycles. The first-order valence-electron chi connectivity index (χ1n) is 16.6. The number of allylic oxidation sites excluding steroid dienone is 3. The summed E-state index contributed by atoms with van der Waals surface area (Å²) in [5.41, 5.74) is -0.716. The number of nitrogens with zero attached hydrogens (tertiary/aromatic N) is 2. The van der Waals surface area contributed by atoms with E-state index in [9.17, 15) is 34.5 Å². The molecule has 3 unspecified atom stereocenters. The highest BCUT2D eigenvalue weighted by Gasteiger charge is 2.64. The predicted molar refractivity (Wildman–Crippen MR) is 189 cm³/mol. The fourth-order valence-corrected chi connectivity index (χ4v) is 7.07. The summed E-state index contributed by atoms with van der Waals surface area (Å²) in [4.78, 5) is 55.4. The van der Waals surface area contributed by atoms with Crippen LogP contribution in [0.3, 0.4) is 0 Å². The second kappa shape index (κ2) is 16.0. The van der Waals surface area contributed by atoms with Crippen molar-refractivity contribution in [2.24, 2.45) is 11.8 Å². The van der Waals surface area contributed by atoms with Crippen molar-refractivity contribution in [3.8, 4) is 0 Å². The molecule has 0 spiro atoms. The van der Waals surface area contributed by atoms with Gasteiger partial charge in [0.15, 0.2) is 5.72 Å². The number of esters is 1. The third-order valence-electron chi connectivity index (χ3n) is 10.1. The molecule has 2 fully saturated rings. The topological polar surface area (TPSA) is 178 Å². The van der Waals surface area contributed by atoms with Gasteiger partial charge in [-0.25, -0.2) is 9.59 Å². The SMILES string of the molecule is CC1=CC=C[C@@H](CO)[C@@]2(O)CC(OC(=O)N2)[C@@H](C)C2OC2(C)[C@@H](OC(=O)[C@H](C)N(C)C(=O)CCS)CC(=O)N(C)c2cc(cc(CO)c2Cl)C1. The van der Waals surface area contributed by atoms with Crippen molar-refractivity contribution >= 4 is 53.8 Å². The lowest BCUT2D eigenvalue weighted by Crippen LogP contribution is -2.62. The fraction of sp³-hybridized carbons (Fsp3) is 0.600. The van der Waals surface area contributed by atoms with Crippen molar-refractivity contribution in [3.63, 3.8) is 0 Å². The summed E-state index contributed by atoms with van der Waals surface area (Å²) < 4.78 is 17.8. The molecule has 0 aliphatic carbocycles. The number of epoxide rings is 1.